The van der Waals surface area contributed by atoms with Crippen molar-refractivity contribution in [2.75, 3.05) is 30.5 Å². The van der Waals surface area contributed by atoms with E-state index in [-0.39, 0.29) is 12.2 Å². The highest BCUT2D eigenvalue weighted by atomic mass is 32.2. The Labute approximate surface area is 123 Å². The van der Waals surface area contributed by atoms with Crippen LogP contribution in [0.3, 0.4) is 0 Å². The molecule has 0 saturated heterocycles. The highest BCUT2D eigenvalue weighted by Crippen LogP contribution is 2.32. The zero-order valence-corrected chi connectivity index (χ0v) is 12.5. The van der Waals surface area contributed by atoms with Crippen LogP contribution in [-0.2, 0) is 14.6 Å². The topological polar surface area (TPSA) is 108 Å². The average molecular weight is 314 g/mol. The minimum atomic E-state index is -3.13. The van der Waals surface area contributed by atoms with Crippen molar-refractivity contribution in [3.63, 3.8) is 0 Å². The summed E-state index contributed by atoms with van der Waals surface area (Å²) in [5.74, 6) is 0.627. The molecular weight excluding hydrogens is 296 g/mol. The Balaban J connectivity index is 1.96. The van der Waals surface area contributed by atoms with E-state index in [0.717, 1.165) is 6.26 Å². The molecule has 1 aliphatic rings. The van der Waals surface area contributed by atoms with Crippen LogP contribution in [0.25, 0.3) is 0 Å². The maximum atomic E-state index is 11.9. The van der Waals surface area contributed by atoms with E-state index in [2.05, 4.69) is 5.32 Å². The summed E-state index contributed by atoms with van der Waals surface area (Å²) in [4.78, 5) is 11.9. The fraction of sp³-hybridized carbons (Fsp3) is 0.462. The van der Waals surface area contributed by atoms with E-state index in [1.165, 1.54) is 0 Å². The number of hydrogen-bond acceptors (Lipinski definition) is 6. The lowest BCUT2D eigenvalue weighted by Crippen LogP contribution is -2.37. The second-order valence-electron chi connectivity index (χ2n) is 4.87. The van der Waals surface area contributed by atoms with Crippen LogP contribution in [0.5, 0.6) is 11.5 Å². The van der Waals surface area contributed by atoms with Crippen LogP contribution in [0.2, 0.25) is 0 Å². The Morgan fingerprint density at radius 3 is 2.67 bits per heavy atom. The number of amides is 1. The highest BCUT2D eigenvalue weighted by molar-refractivity contribution is 7.90. The molecule has 0 spiro atoms. The van der Waals surface area contributed by atoms with Crippen LogP contribution >= 0.6 is 0 Å². The van der Waals surface area contributed by atoms with Gasteiger partial charge in [0.05, 0.1) is 11.8 Å². The summed E-state index contributed by atoms with van der Waals surface area (Å²) in [7, 11) is -3.13. The van der Waals surface area contributed by atoms with E-state index in [0.29, 0.717) is 30.4 Å². The van der Waals surface area contributed by atoms with Crippen molar-refractivity contribution >= 4 is 21.4 Å². The van der Waals surface area contributed by atoms with Crippen LogP contribution < -0.4 is 20.5 Å². The lowest BCUT2D eigenvalue weighted by molar-refractivity contribution is -0.117. The molecule has 1 aliphatic heterocycles. The number of fused-ring (bicyclic) bond motifs is 1. The fourth-order valence-electron chi connectivity index (χ4n) is 1.83. The summed E-state index contributed by atoms with van der Waals surface area (Å²) >= 11 is 0. The van der Waals surface area contributed by atoms with Gasteiger partial charge in [-0.2, -0.15) is 0 Å². The van der Waals surface area contributed by atoms with Gasteiger partial charge in [0.15, 0.2) is 11.5 Å². The molecule has 3 N–H and O–H groups in total. The van der Waals surface area contributed by atoms with Gasteiger partial charge in [0, 0.05) is 18.0 Å². The molecular formula is C13H18N2O5S. The second-order valence-corrected chi connectivity index (χ2v) is 7.13. The molecule has 8 heteroatoms. The quantitative estimate of drug-likeness (QED) is 0.801. The minimum Gasteiger partial charge on any atom is -0.486 e. The Morgan fingerprint density at radius 1 is 1.33 bits per heavy atom. The molecule has 1 unspecified atom stereocenters. The summed E-state index contributed by atoms with van der Waals surface area (Å²) in [5.41, 5.74) is 6.20. The first-order valence-corrected chi connectivity index (χ1v) is 8.55. The van der Waals surface area contributed by atoms with Crippen molar-refractivity contribution in [2.24, 2.45) is 5.73 Å². The van der Waals surface area contributed by atoms with Crippen LogP contribution in [-0.4, -0.2) is 45.6 Å². The zero-order chi connectivity index (χ0) is 15.5. The SMILES string of the molecule is CS(=O)(=O)CCC(N)C(=O)Nc1ccc2c(c1)OCCO2. The fourth-order valence-corrected chi connectivity index (χ4v) is 2.51. The third-order valence-electron chi connectivity index (χ3n) is 2.95. The normalized spacial score (nSPS) is 15.3. The molecule has 1 heterocycles. The summed E-state index contributed by atoms with van der Waals surface area (Å²) in [6.07, 6.45) is 1.19. The van der Waals surface area contributed by atoms with Crippen molar-refractivity contribution in [1.29, 1.82) is 0 Å². The van der Waals surface area contributed by atoms with Crippen molar-refractivity contribution in [1.82, 2.24) is 0 Å². The van der Waals surface area contributed by atoms with E-state index < -0.39 is 21.8 Å². The molecule has 0 saturated carbocycles. The van der Waals surface area contributed by atoms with Gasteiger partial charge < -0.3 is 20.5 Å². The van der Waals surface area contributed by atoms with Gasteiger partial charge >= 0.3 is 0 Å². The molecule has 0 fully saturated rings. The van der Waals surface area contributed by atoms with Gasteiger partial charge in [-0.05, 0) is 18.6 Å². The summed E-state index contributed by atoms with van der Waals surface area (Å²) < 4.78 is 32.9. The molecule has 0 radical (unpaired) electrons. The number of benzene rings is 1. The Bertz CT molecular complexity index is 629. The number of carbonyl (C=O) groups is 1. The maximum absolute atomic E-state index is 11.9. The van der Waals surface area contributed by atoms with E-state index in [9.17, 15) is 13.2 Å². The molecule has 116 valence electrons. The Hall–Kier alpha value is -1.80. The third kappa shape index (κ3) is 4.61. The third-order valence-corrected chi connectivity index (χ3v) is 3.92. The van der Waals surface area contributed by atoms with Crippen molar-refractivity contribution < 1.29 is 22.7 Å². The van der Waals surface area contributed by atoms with Gasteiger partial charge in [0.25, 0.3) is 0 Å². The maximum Gasteiger partial charge on any atom is 0.241 e. The van der Waals surface area contributed by atoms with E-state index in [4.69, 9.17) is 15.2 Å². The first kappa shape index (κ1) is 15.6. The van der Waals surface area contributed by atoms with E-state index >= 15 is 0 Å². The molecule has 0 aliphatic carbocycles. The molecule has 2 rings (SSSR count). The Morgan fingerprint density at radius 2 is 2.00 bits per heavy atom. The van der Waals surface area contributed by atoms with Gasteiger partial charge in [-0.1, -0.05) is 0 Å². The standard InChI is InChI=1S/C13H18N2O5S/c1-21(17,18)7-4-10(14)13(16)15-9-2-3-11-12(8-9)20-6-5-19-11/h2-3,8,10H,4-7,14H2,1H3,(H,15,16). The first-order valence-electron chi connectivity index (χ1n) is 6.49. The predicted molar refractivity (Wildman–Crippen MR) is 78.4 cm³/mol. The van der Waals surface area contributed by atoms with E-state index in [1.807, 2.05) is 0 Å². The molecule has 0 aromatic heterocycles. The van der Waals surface area contributed by atoms with Crippen LogP contribution in [0, 0.1) is 0 Å². The van der Waals surface area contributed by atoms with Crippen molar-refractivity contribution in [2.45, 2.75) is 12.5 Å². The van der Waals surface area contributed by atoms with Crippen LogP contribution in [0.1, 0.15) is 6.42 Å². The van der Waals surface area contributed by atoms with Gasteiger partial charge in [-0.25, -0.2) is 8.42 Å². The lowest BCUT2D eigenvalue weighted by atomic mass is 10.2. The average Bonchev–Trinajstić information content (AvgIpc) is 2.43. The Kier molecular flexibility index (Phi) is 4.69. The molecule has 1 atom stereocenters. The van der Waals surface area contributed by atoms with E-state index in [1.54, 1.807) is 18.2 Å². The van der Waals surface area contributed by atoms with Crippen LogP contribution in [0.4, 0.5) is 5.69 Å². The predicted octanol–water partition coefficient (Wildman–Crippen LogP) is 0.158. The number of hydrogen-bond donors (Lipinski definition) is 2. The number of rotatable bonds is 5. The summed E-state index contributed by atoms with van der Waals surface area (Å²) in [5, 5.41) is 2.63. The number of ether oxygens (including phenoxy) is 2. The lowest BCUT2D eigenvalue weighted by Gasteiger charge is -2.19. The van der Waals surface area contributed by atoms with Gasteiger partial charge in [0.2, 0.25) is 5.91 Å². The number of nitrogens with one attached hydrogen (secondary N) is 1. The molecule has 1 amide bonds. The summed E-state index contributed by atoms with van der Waals surface area (Å²) in [6, 6.07) is 4.14. The second kappa shape index (κ2) is 6.31. The monoisotopic (exact) mass is 314 g/mol. The van der Waals surface area contributed by atoms with Crippen LogP contribution in [0.15, 0.2) is 18.2 Å². The van der Waals surface area contributed by atoms with Crippen molar-refractivity contribution in [3.05, 3.63) is 18.2 Å². The number of anilines is 1. The smallest absolute Gasteiger partial charge is 0.241 e. The van der Waals surface area contributed by atoms with Gasteiger partial charge in [-0.3, -0.25) is 4.79 Å². The molecule has 1 aromatic carbocycles. The first-order chi connectivity index (χ1) is 9.85. The largest absolute Gasteiger partial charge is 0.486 e. The molecule has 7 nitrogen and oxygen atoms in total. The van der Waals surface area contributed by atoms with Gasteiger partial charge in [-0.15, -0.1) is 0 Å². The highest BCUT2D eigenvalue weighted by Gasteiger charge is 2.17. The zero-order valence-electron chi connectivity index (χ0n) is 11.7. The number of nitrogens with two attached hydrogens (primary N) is 1. The molecule has 0 bridgehead atoms. The molecule has 1 aromatic rings. The number of sulfone groups is 1. The minimum absolute atomic E-state index is 0.0786. The molecule has 21 heavy (non-hydrogen) atoms. The number of carbonyl (C=O) groups excluding carboxylic acids is 1. The van der Waals surface area contributed by atoms with Crippen molar-refractivity contribution in [3.8, 4) is 11.5 Å². The summed E-state index contributed by atoms with van der Waals surface area (Å²) in [6.45, 7) is 0.952. The van der Waals surface area contributed by atoms with Gasteiger partial charge in [0.1, 0.15) is 23.1 Å².